The minimum atomic E-state index is 0.270. The second-order valence-corrected chi connectivity index (χ2v) is 3.56. The highest BCUT2D eigenvalue weighted by Gasteiger charge is 2.04. The predicted octanol–water partition coefficient (Wildman–Crippen LogP) is 1.47. The van der Waals surface area contributed by atoms with E-state index in [2.05, 4.69) is 23.3 Å². The summed E-state index contributed by atoms with van der Waals surface area (Å²) in [5, 5.41) is 12.2. The standard InChI is InChI=1S/C12H17N3O/c1-3-16-9-10(2)15-8-11-5-4-6-14-12(11)7-13/h4-6,10,15H,3,8-9H2,1-2H3. The zero-order valence-corrected chi connectivity index (χ0v) is 9.73. The van der Waals surface area contributed by atoms with Crippen molar-refractivity contribution in [1.29, 1.82) is 5.26 Å². The Morgan fingerprint density at radius 2 is 2.44 bits per heavy atom. The molecule has 86 valence electrons. The van der Waals surface area contributed by atoms with Crippen molar-refractivity contribution in [2.75, 3.05) is 13.2 Å². The maximum Gasteiger partial charge on any atom is 0.144 e. The summed E-state index contributed by atoms with van der Waals surface area (Å²) < 4.78 is 5.30. The Labute approximate surface area is 96.3 Å². The molecule has 0 saturated heterocycles. The Hall–Kier alpha value is -1.44. The first-order valence-electron chi connectivity index (χ1n) is 5.43. The van der Waals surface area contributed by atoms with Crippen LogP contribution in [0.15, 0.2) is 18.3 Å². The van der Waals surface area contributed by atoms with Crippen LogP contribution in [-0.4, -0.2) is 24.2 Å². The van der Waals surface area contributed by atoms with Crippen LogP contribution in [0.1, 0.15) is 25.1 Å². The Bertz CT molecular complexity index is 360. The van der Waals surface area contributed by atoms with E-state index < -0.39 is 0 Å². The SMILES string of the molecule is CCOCC(C)NCc1cccnc1C#N. The summed E-state index contributed by atoms with van der Waals surface area (Å²) >= 11 is 0. The Balaban J connectivity index is 2.45. The summed E-state index contributed by atoms with van der Waals surface area (Å²) in [7, 11) is 0. The highest BCUT2D eigenvalue weighted by atomic mass is 16.5. The first-order valence-corrected chi connectivity index (χ1v) is 5.43. The summed E-state index contributed by atoms with van der Waals surface area (Å²) in [6.45, 7) is 6.08. The molecule has 16 heavy (non-hydrogen) atoms. The molecule has 1 N–H and O–H groups in total. The topological polar surface area (TPSA) is 57.9 Å². The van der Waals surface area contributed by atoms with Gasteiger partial charge in [0.15, 0.2) is 0 Å². The third-order valence-electron chi connectivity index (χ3n) is 2.21. The number of rotatable bonds is 6. The van der Waals surface area contributed by atoms with Gasteiger partial charge in [-0.3, -0.25) is 0 Å². The van der Waals surface area contributed by atoms with Crippen LogP contribution < -0.4 is 5.32 Å². The Kier molecular flexibility index (Phi) is 5.48. The zero-order chi connectivity index (χ0) is 11.8. The van der Waals surface area contributed by atoms with Crippen molar-refractivity contribution in [1.82, 2.24) is 10.3 Å². The van der Waals surface area contributed by atoms with Crippen LogP contribution >= 0.6 is 0 Å². The molecule has 1 unspecified atom stereocenters. The zero-order valence-electron chi connectivity index (χ0n) is 9.73. The predicted molar refractivity (Wildman–Crippen MR) is 61.7 cm³/mol. The lowest BCUT2D eigenvalue weighted by Crippen LogP contribution is -2.30. The molecule has 1 aromatic heterocycles. The number of hydrogen-bond donors (Lipinski definition) is 1. The molecule has 4 heteroatoms. The molecule has 0 aliphatic heterocycles. The van der Waals surface area contributed by atoms with Crippen molar-refractivity contribution < 1.29 is 4.74 Å². The molecule has 0 aromatic carbocycles. The van der Waals surface area contributed by atoms with Gasteiger partial charge in [0.1, 0.15) is 11.8 Å². The highest BCUT2D eigenvalue weighted by Crippen LogP contribution is 2.03. The van der Waals surface area contributed by atoms with Gasteiger partial charge >= 0.3 is 0 Å². The molecule has 1 atom stereocenters. The first kappa shape index (κ1) is 12.6. The van der Waals surface area contributed by atoms with Gasteiger partial charge < -0.3 is 10.1 Å². The van der Waals surface area contributed by atoms with Crippen molar-refractivity contribution >= 4 is 0 Å². The fourth-order valence-corrected chi connectivity index (χ4v) is 1.32. The maximum atomic E-state index is 8.86. The Morgan fingerprint density at radius 3 is 3.12 bits per heavy atom. The molecular weight excluding hydrogens is 202 g/mol. The summed E-state index contributed by atoms with van der Waals surface area (Å²) in [4.78, 5) is 4.00. The number of nitrogens with one attached hydrogen (secondary N) is 1. The minimum Gasteiger partial charge on any atom is -0.380 e. The molecule has 0 aliphatic rings. The van der Waals surface area contributed by atoms with E-state index in [4.69, 9.17) is 10.00 Å². The normalized spacial score (nSPS) is 12.1. The van der Waals surface area contributed by atoms with E-state index in [0.717, 1.165) is 12.2 Å². The van der Waals surface area contributed by atoms with E-state index in [1.807, 2.05) is 19.1 Å². The van der Waals surface area contributed by atoms with Crippen LogP contribution in [0.25, 0.3) is 0 Å². The number of hydrogen-bond acceptors (Lipinski definition) is 4. The second kappa shape index (κ2) is 6.94. The number of nitrogens with zero attached hydrogens (tertiary/aromatic N) is 2. The number of aromatic nitrogens is 1. The third-order valence-corrected chi connectivity index (χ3v) is 2.21. The molecule has 0 aliphatic carbocycles. The number of nitriles is 1. The van der Waals surface area contributed by atoms with Crippen molar-refractivity contribution in [3.05, 3.63) is 29.6 Å². The van der Waals surface area contributed by atoms with Crippen molar-refractivity contribution in [3.63, 3.8) is 0 Å². The number of pyridine rings is 1. The maximum absolute atomic E-state index is 8.86. The van der Waals surface area contributed by atoms with Crippen molar-refractivity contribution in [2.45, 2.75) is 26.4 Å². The highest BCUT2D eigenvalue weighted by molar-refractivity contribution is 5.30. The summed E-state index contributed by atoms with van der Waals surface area (Å²) in [5.41, 5.74) is 1.41. The van der Waals surface area contributed by atoms with Crippen LogP contribution in [0.2, 0.25) is 0 Å². The van der Waals surface area contributed by atoms with Gasteiger partial charge in [-0.1, -0.05) is 6.07 Å². The van der Waals surface area contributed by atoms with Gasteiger partial charge in [0, 0.05) is 31.0 Å². The van der Waals surface area contributed by atoms with Gasteiger partial charge in [-0.2, -0.15) is 5.26 Å². The van der Waals surface area contributed by atoms with E-state index >= 15 is 0 Å². The van der Waals surface area contributed by atoms with Crippen molar-refractivity contribution in [2.24, 2.45) is 0 Å². The van der Waals surface area contributed by atoms with Crippen LogP contribution in [0.3, 0.4) is 0 Å². The largest absolute Gasteiger partial charge is 0.380 e. The lowest BCUT2D eigenvalue weighted by Gasteiger charge is -2.13. The first-order chi connectivity index (χ1) is 7.77. The fraction of sp³-hybridized carbons (Fsp3) is 0.500. The van der Waals surface area contributed by atoms with Gasteiger partial charge in [-0.15, -0.1) is 0 Å². The molecule has 0 amide bonds. The third kappa shape index (κ3) is 3.97. The van der Waals surface area contributed by atoms with Crippen LogP contribution in [0.4, 0.5) is 0 Å². The summed E-state index contributed by atoms with van der Waals surface area (Å²) in [6.07, 6.45) is 1.63. The van der Waals surface area contributed by atoms with Gasteiger partial charge in [-0.25, -0.2) is 4.98 Å². The molecule has 0 fully saturated rings. The minimum absolute atomic E-state index is 0.270. The van der Waals surface area contributed by atoms with Gasteiger partial charge in [0.2, 0.25) is 0 Å². The molecular formula is C12H17N3O. The second-order valence-electron chi connectivity index (χ2n) is 3.56. The molecule has 1 rings (SSSR count). The van der Waals surface area contributed by atoms with Gasteiger partial charge in [0.05, 0.1) is 6.61 Å². The van der Waals surface area contributed by atoms with Crippen LogP contribution in [0, 0.1) is 11.3 Å². The lowest BCUT2D eigenvalue weighted by atomic mass is 10.2. The van der Waals surface area contributed by atoms with E-state index in [-0.39, 0.29) is 6.04 Å². The lowest BCUT2D eigenvalue weighted by molar-refractivity contribution is 0.127. The molecule has 4 nitrogen and oxygen atoms in total. The average Bonchev–Trinajstić information content (AvgIpc) is 2.34. The van der Waals surface area contributed by atoms with E-state index in [0.29, 0.717) is 18.8 Å². The summed E-state index contributed by atoms with van der Waals surface area (Å²) in [6, 6.07) is 6.10. The van der Waals surface area contributed by atoms with Crippen LogP contribution in [-0.2, 0) is 11.3 Å². The van der Waals surface area contributed by atoms with Gasteiger partial charge in [-0.05, 0) is 19.9 Å². The van der Waals surface area contributed by atoms with Crippen LogP contribution in [0.5, 0.6) is 0 Å². The fourth-order valence-electron chi connectivity index (χ4n) is 1.32. The molecule has 1 aromatic rings. The monoisotopic (exact) mass is 219 g/mol. The average molecular weight is 219 g/mol. The van der Waals surface area contributed by atoms with E-state index in [9.17, 15) is 0 Å². The van der Waals surface area contributed by atoms with Gasteiger partial charge in [0.25, 0.3) is 0 Å². The van der Waals surface area contributed by atoms with Crippen molar-refractivity contribution in [3.8, 4) is 6.07 Å². The molecule has 1 heterocycles. The van der Waals surface area contributed by atoms with E-state index in [1.165, 1.54) is 0 Å². The number of ether oxygens (including phenoxy) is 1. The van der Waals surface area contributed by atoms with E-state index in [1.54, 1.807) is 6.20 Å². The quantitative estimate of drug-likeness (QED) is 0.787. The summed E-state index contributed by atoms with van der Waals surface area (Å²) in [5.74, 6) is 0. The molecule has 0 saturated carbocycles. The molecule has 0 spiro atoms. The smallest absolute Gasteiger partial charge is 0.144 e. The molecule has 0 bridgehead atoms. The molecule has 0 radical (unpaired) electrons. The Morgan fingerprint density at radius 1 is 1.62 bits per heavy atom.